The predicted molar refractivity (Wildman–Crippen MR) is 136 cm³/mol. The maximum absolute atomic E-state index is 13.0. The number of benzene rings is 1. The lowest BCUT2D eigenvalue weighted by atomic mass is 9.78. The number of nitrogens with zero attached hydrogens (tertiary/aromatic N) is 3. The van der Waals surface area contributed by atoms with Gasteiger partial charge in [-0.1, -0.05) is 30.8 Å². The van der Waals surface area contributed by atoms with Crippen LogP contribution in [-0.4, -0.2) is 70.1 Å². The summed E-state index contributed by atoms with van der Waals surface area (Å²) in [6.07, 6.45) is 8.59. The molecule has 1 aromatic rings. The summed E-state index contributed by atoms with van der Waals surface area (Å²) >= 11 is 0. The van der Waals surface area contributed by atoms with Gasteiger partial charge in [-0.15, -0.1) is 0 Å². The van der Waals surface area contributed by atoms with Crippen LogP contribution < -0.4 is 20.6 Å². The van der Waals surface area contributed by atoms with E-state index in [9.17, 15) is 19.2 Å². The molecule has 3 aliphatic rings. The van der Waals surface area contributed by atoms with Gasteiger partial charge < -0.3 is 14.7 Å². The first-order valence-corrected chi connectivity index (χ1v) is 12.8. The van der Waals surface area contributed by atoms with E-state index < -0.39 is 6.04 Å². The highest BCUT2D eigenvalue weighted by molar-refractivity contribution is 6.38. The van der Waals surface area contributed by atoms with Gasteiger partial charge in [-0.25, -0.2) is 0 Å². The summed E-state index contributed by atoms with van der Waals surface area (Å²) in [6.45, 7) is 1.44. The van der Waals surface area contributed by atoms with Crippen LogP contribution >= 0.6 is 0 Å². The molecule has 1 N–H and O–H groups in total. The highest BCUT2D eigenvalue weighted by Crippen LogP contribution is 2.35. The molecule has 2 aliphatic heterocycles. The molecule has 2 radical (unpaired) electrons. The Labute approximate surface area is 208 Å². The third-order valence-electron chi connectivity index (χ3n) is 8.00. The van der Waals surface area contributed by atoms with Crippen LogP contribution in [0.2, 0.25) is 0 Å². The smallest absolute Gasteiger partial charge is 0.249 e. The van der Waals surface area contributed by atoms with Crippen molar-refractivity contribution in [3.05, 3.63) is 17.7 Å². The molecule has 1 aliphatic carbocycles. The average molecular weight is 478 g/mol. The lowest BCUT2D eigenvalue weighted by molar-refractivity contribution is -0.138. The molecule has 1 atom stereocenters. The maximum Gasteiger partial charge on any atom is 0.249 e. The fourth-order valence-electron chi connectivity index (χ4n) is 5.91. The Morgan fingerprint density at radius 1 is 1.06 bits per heavy atom. The van der Waals surface area contributed by atoms with E-state index in [4.69, 9.17) is 7.85 Å². The van der Waals surface area contributed by atoms with E-state index in [1.807, 2.05) is 17.0 Å². The Balaban J connectivity index is 1.52. The van der Waals surface area contributed by atoms with Gasteiger partial charge in [-0.2, -0.15) is 0 Å². The van der Waals surface area contributed by atoms with Crippen LogP contribution in [0.15, 0.2) is 12.1 Å². The highest BCUT2D eigenvalue weighted by atomic mass is 16.2. The lowest BCUT2D eigenvalue weighted by Crippen LogP contribution is -2.52. The Morgan fingerprint density at radius 3 is 2.37 bits per heavy atom. The zero-order valence-electron chi connectivity index (χ0n) is 20.8. The van der Waals surface area contributed by atoms with Crippen LogP contribution in [0.4, 0.5) is 11.4 Å². The summed E-state index contributed by atoms with van der Waals surface area (Å²) in [5, 5.41) is 2.39. The summed E-state index contributed by atoms with van der Waals surface area (Å²) in [4.78, 5) is 54.0. The number of rotatable bonds is 6. The number of amides is 4. The van der Waals surface area contributed by atoms with E-state index >= 15 is 0 Å². The lowest BCUT2D eigenvalue weighted by Gasteiger charge is -2.37. The van der Waals surface area contributed by atoms with Crippen molar-refractivity contribution in [2.45, 2.75) is 69.7 Å². The number of carbonyl (C=O) groups is 4. The summed E-state index contributed by atoms with van der Waals surface area (Å²) in [7, 11) is 10.1. The van der Waals surface area contributed by atoms with E-state index in [0.717, 1.165) is 57.2 Å². The van der Waals surface area contributed by atoms with E-state index in [-0.39, 0.29) is 30.1 Å². The van der Waals surface area contributed by atoms with E-state index in [2.05, 4.69) is 5.32 Å². The van der Waals surface area contributed by atoms with E-state index in [0.29, 0.717) is 35.6 Å². The molecule has 186 valence electrons. The van der Waals surface area contributed by atoms with Crippen molar-refractivity contribution in [3.63, 3.8) is 0 Å². The maximum atomic E-state index is 13.0. The molecule has 8 nitrogen and oxygen atoms in total. The summed E-state index contributed by atoms with van der Waals surface area (Å²) in [5.74, 6) is 0.0624. The second-order valence-corrected chi connectivity index (χ2v) is 10.2. The first-order chi connectivity index (χ1) is 16.8. The number of likely N-dealkylation sites (N-methyl/N-ethyl adjacent to an activating group) is 1. The molecule has 9 heteroatoms. The van der Waals surface area contributed by atoms with Crippen molar-refractivity contribution >= 4 is 48.8 Å². The molecule has 0 aromatic heterocycles. The van der Waals surface area contributed by atoms with Crippen LogP contribution in [0, 0.1) is 5.92 Å². The molecule has 0 bridgehead atoms. The van der Waals surface area contributed by atoms with Crippen LogP contribution in [0.25, 0.3) is 0 Å². The number of carbonyl (C=O) groups excluding carboxylic acids is 4. The van der Waals surface area contributed by atoms with Gasteiger partial charge >= 0.3 is 0 Å². The number of nitrogens with one attached hydrogen (secondary N) is 1. The van der Waals surface area contributed by atoms with Crippen molar-refractivity contribution in [1.82, 2.24) is 10.2 Å². The number of imide groups is 1. The summed E-state index contributed by atoms with van der Waals surface area (Å²) in [5.41, 5.74) is 2.72. The quantitative estimate of drug-likeness (QED) is 0.381. The van der Waals surface area contributed by atoms with Crippen LogP contribution in [-0.2, 0) is 19.2 Å². The first kappa shape index (κ1) is 25.3. The number of hydrogen-bond acceptors (Lipinski definition) is 5. The molecule has 4 amide bonds. The Hall–Kier alpha value is -2.84. The number of likely N-dealkylation sites (tertiary alicyclic amines) is 1. The molecule has 1 saturated carbocycles. The number of anilines is 2. The minimum atomic E-state index is -0.522. The molecule has 2 heterocycles. The van der Waals surface area contributed by atoms with Crippen LogP contribution in [0.3, 0.4) is 0 Å². The molecule has 4 rings (SSSR count). The fourth-order valence-corrected chi connectivity index (χ4v) is 5.91. The van der Waals surface area contributed by atoms with Gasteiger partial charge in [0, 0.05) is 39.5 Å². The molecular weight excluding hydrogens is 443 g/mol. The second kappa shape index (κ2) is 10.8. The van der Waals surface area contributed by atoms with Crippen LogP contribution in [0.1, 0.15) is 69.3 Å². The largest absolute Gasteiger partial charge is 0.361 e. The third-order valence-corrected chi connectivity index (χ3v) is 8.00. The van der Waals surface area contributed by atoms with Gasteiger partial charge in [0.2, 0.25) is 24.1 Å². The Bertz CT molecular complexity index is 986. The third kappa shape index (κ3) is 5.23. The Kier molecular flexibility index (Phi) is 7.82. The average Bonchev–Trinajstić information content (AvgIpc) is 2.88. The molecule has 35 heavy (non-hydrogen) atoms. The fraction of sp³-hybridized carbons (Fsp3) is 0.615. The minimum Gasteiger partial charge on any atom is -0.361 e. The second-order valence-electron chi connectivity index (χ2n) is 10.2. The molecule has 1 unspecified atom stereocenters. The SMILES string of the molecule is [B]c1c(C2CCN(C(=O)C3CCCCC3)CC2)ccc(N(C)C2CCC(=O)NC2=O)c1N(C)C=O. The summed E-state index contributed by atoms with van der Waals surface area (Å²) in [6, 6.07) is 3.37. The standard InChI is InChI=1S/C26H35BN4O4/c1-29(16-32)24-20(30(2)21-10-11-22(33)28-25(21)34)9-8-19(23(24)27)17-12-14-31(15-13-17)26(35)18-6-4-3-5-7-18/h8-9,16-18,21H,3-7,10-15H2,1-2H3,(H,28,33,34). The minimum absolute atomic E-state index is 0.181. The number of hydrogen-bond donors (Lipinski definition) is 1. The highest BCUT2D eigenvalue weighted by Gasteiger charge is 2.33. The van der Waals surface area contributed by atoms with Gasteiger partial charge in [0.25, 0.3) is 0 Å². The topological polar surface area (TPSA) is 90.0 Å². The first-order valence-electron chi connectivity index (χ1n) is 12.8. The van der Waals surface area contributed by atoms with Gasteiger partial charge in [0.1, 0.15) is 13.9 Å². The van der Waals surface area contributed by atoms with Crippen molar-refractivity contribution in [2.75, 3.05) is 37.0 Å². The van der Waals surface area contributed by atoms with E-state index in [1.54, 1.807) is 19.0 Å². The molecule has 2 saturated heterocycles. The zero-order chi connectivity index (χ0) is 25.1. The normalized spacial score (nSPS) is 22.0. The van der Waals surface area contributed by atoms with Gasteiger partial charge in [0.05, 0.1) is 11.4 Å². The molecular formula is C26H35BN4O4. The molecule has 1 aromatic carbocycles. The van der Waals surface area contributed by atoms with Gasteiger partial charge in [0.15, 0.2) is 0 Å². The summed E-state index contributed by atoms with van der Waals surface area (Å²) < 4.78 is 0. The van der Waals surface area contributed by atoms with Gasteiger partial charge in [-0.3, -0.25) is 24.5 Å². The van der Waals surface area contributed by atoms with Crippen molar-refractivity contribution < 1.29 is 19.2 Å². The molecule has 0 spiro atoms. The van der Waals surface area contributed by atoms with Gasteiger partial charge in [-0.05, 0) is 49.7 Å². The van der Waals surface area contributed by atoms with Crippen molar-refractivity contribution in [3.8, 4) is 0 Å². The number of piperidine rings is 2. The van der Waals surface area contributed by atoms with Crippen LogP contribution in [0.5, 0.6) is 0 Å². The monoisotopic (exact) mass is 478 g/mol. The molecule has 3 fully saturated rings. The predicted octanol–water partition coefficient (Wildman–Crippen LogP) is 1.60. The van der Waals surface area contributed by atoms with E-state index in [1.165, 1.54) is 11.3 Å². The van der Waals surface area contributed by atoms with Crippen molar-refractivity contribution in [1.29, 1.82) is 0 Å². The Morgan fingerprint density at radius 2 is 1.74 bits per heavy atom. The van der Waals surface area contributed by atoms with Crippen molar-refractivity contribution in [2.24, 2.45) is 5.92 Å². The zero-order valence-corrected chi connectivity index (χ0v) is 20.8.